The molecule has 0 saturated carbocycles. The first kappa shape index (κ1) is 21.1. The minimum Gasteiger partial charge on any atom is -0.491 e. The van der Waals surface area contributed by atoms with E-state index in [1.807, 2.05) is 20.8 Å². The number of hydrogen-bond donors (Lipinski definition) is 1. The SMILES string of the molecule is Cc1cc(Cl)ccc1NC(=O)CN(c1ccc(OC(C)C)cc1)S(C)(=O)=O. The molecule has 0 spiro atoms. The zero-order valence-corrected chi connectivity index (χ0v) is 17.3. The molecule has 27 heavy (non-hydrogen) atoms. The summed E-state index contributed by atoms with van der Waals surface area (Å²) in [6, 6.07) is 11.6. The molecule has 1 amide bonds. The summed E-state index contributed by atoms with van der Waals surface area (Å²) in [5.74, 6) is 0.178. The van der Waals surface area contributed by atoms with Gasteiger partial charge in [0.2, 0.25) is 15.9 Å². The Labute approximate surface area is 165 Å². The number of aryl methyl sites for hydroxylation is 1. The molecular formula is C19H23ClN2O4S. The summed E-state index contributed by atoms with van der Waals surface area (Å²) in [6.07, 6.45) is 1.07. The van der Waals surface area contributed by atoms with Crippen LogP contribution in [0.15, 0.2) is 42.5 Å². The standard InChI is InChI=1S/C19H23ClN2O4S/c1-13(2)26-17-8-6-16(7-9-17)22(27(4,24)25)12-19(23)21-18-10-5-15(20)11-14(18)3/h5-11,13H,12H2,1-4H3,(H,21,23). The number of nitrogens with zero attached hydrogens (tertiary/aromatic N) is 1. The molecule has 8 heteroatoms. The van der Waals surface area contributed by atoms with E-state index in [9.17, 15) is 13.2 Å². The van der Waals surface area contributed by atoms with Gasteiger partial charge in [-0.2, -0.15) is 0 Å². The van der Waals surface area contributed by atoms with Crippen LogP contribution in [0.1, 0.15) is 19.4 Å². The lowest BCUT2D eigenvalue weighted by molar-refractivity contribution is -0.114. The topological polar surface area (TPSA) is 75.7 Å². The van der Waals surface area contributed by atoms with E-state index < -0.39 is 15.9 Å². The van der Waals surface area contributed by atoms with Crippen LogP contribution in [-0.4, -0.2) is 33.2 Å². The quantitative estimate of drug-likeness (QED) is 0.752. The number of hydrogen-bond acceptors (Lipinski definition) is 4. The van der Waals surface area contributed by atoms with Gasteiger partial charge in [-0.25, -0.2) is 8.42 Å². The van der Waals surface area contributed by atoms with E-state index in [0.29, 0.717) is 22.1 Å². The number of amides is 1. The Morgan fingerprint density at radius 1 is 1.19 bits per heavy atom. The van der Waals surface area contributed by atoms with Gasteiger partial charge in [-0.1, -0.05) is 11.6 Å². The summed E-state index contributed by atoms with van der Waals surface area (Å²) in [5, 5.41) is 3.28. The second-order valence-electron chi connectivity index (χ2n) is 6.44. The van der Waals surface area contributed by atoms with Crippen LogP contribution in [0.4, 0.5) is 11.4 Å². The Hall–Kier alpha value is -2.25. The Kier molecular flexibility index (Phi) is 6.73. The molecule has 0 heterocycles. The Morgan fingerprint density at radius 3 is 2.33 bits per heavy atom. The Morgan fingerprint density at radius 2 is 1.81 bits per heavy atom. The van der Waals surface area contributed by atoms with Crippen LogP contribution in [-0.2, 0) is 14.8 Å². The van der Waals surface area contributed by atoms with Crippen molar-refractivity contribution in [2.45, 2.75) is 26.9 Å². The molecule has 0 bridgehead atoms. The number of anilines is 2. The fourth-order valence-electron chi connectivity index (χ4n) is 2.45. The van der Waals surface area contributed by atoms with Crippen molar-refractivity contribution >= 4 is 38.9 Å². The third-order valence-electron chi connectivity index (χ3n) is 3.65. The molecule has 0 atom stereocenters. The molecule has 0 aliphatic rings. The number of carbonyl (C=O) groups excluding carboxylic acids is 1. The average Bonchev–Trinajstić information content (AvgIpc) is 2.55. The smallest absolute Gasteiger partial charge is 0.245 e. The van der Waals surface area contributed by atoms with Crippen molar-refractivity contribution in [2.75, 3.05) is 22.4 Å². The normalized spacial score (nSPS) is 11.3. The maximum atomic E-state index is 12.4. The zero-order valence-electron chi connectivity index (χ0n) is 15.7. The van der Waals surface area contributed by atoms with Gasteiger partial charge in [0.25, 0.3) is 0 Å². The fourth-order valence-corrected chi connectivity index (χ4v) is 3.53. The van der Waals surface area contributed by atoms with Crippen molar-refractivity contribution in [1.29, 1.82) is 0 Å². The minimum atomic E-state index is -3.65. The second kappa shape index (κ2) is 8.63. The number of nitrogens with one attached hydrogen (secondary N) is 1. The van der Waals surface area contributed by atoms with Crippen molar-refractivity contribution in [1.82, 2.24) is 0 Å². The highest BCUT2D eigenvalue weighted by atomic mass is 35.5. The van der Waals surface area contributed by atoms with E-state index in [4.69, 9.17) is 16.3 Å². The van der Waals surface area contributed by atoms with E-state index in [-0.39, 0.29) is 12.6 Å². The third kappa shape index (κ3) is 6.15. The third-order valence-corrected chi connectivity index (χ3v) is 5.02. The average molecular weight is 411 g/mol. The van der Waals surface area contributed by atoms with Gasteiger partial charge < -0.3 is 10.1 Å². The lowest BCUT2D eigenvalue weighted by atomic mass is 10.2. The maximum Gasteiger partial charge on any atom is 0.245 e. The zero-order chi connectivity index (χ0) is 20.2. The predicted octanol–water partition coefficient (Wildman–Crippen LogP) is 3.84. The first-order valence-electron chi connectivity index (χ1n) is 8.36. The molecule has 0 fully saturated rings. The molecule has 146 valence electrons. The lowest BCUT2D eigenvalue weighted by Gasteiger charge is -2.22. The number of sulfonamides is 1. The highest BCUT2D eigenvalue weighted by Gasteiger charge is 2.21. The van der Waals surface area contributed by atoms with Gasteiger partial charge in [0.15, 0.2) is 0 Å². The summed E-state index contributed by atoms with van der Waals surface area (Å²) in [7, 11) is -3.65. The first-order chi connectivity index (χ1) is 12.6. The molecule has 0 unspecified atom stereocenters. The van der Waals surface area contributed by atoms with Gasteiger partial charge in [0, 0.05) is 10.7 Å². The van der Waals surface area contributed by atoms with Crippen LogP contribution >= 0.6 is 11.6 Å². The van der Waals surface area contributed by atoms with Gasteiger partial charge in [-0.3, -0.25) is 9.10 Å². The van der Waals surface area contributed by atoms with E-state index in [2.05, 4.69) is 5.32 Å². The Balaban J connectivity index is 2.18. The first-order valence-corrected chi connectivity index (χ1v) is 10.6. The number of halogens is 1. The minimum absolute atomic E-state index is 0.00949. The highest BCUT2D eigenvalue weighted by Crippen LogP contribution is 2.23. The molecule has 0 aliphatic heterocycles. The van der Waals surface area contributed by atoms with Crippen molar-refractivity contribution in [2.24, 2.45) is 0 Å². The summed E-state index contributed by atoms with van der Waals surface area (Å²) < 4.78 is 31.0. The van der Waals surface area contributed by atoms with Crippen LogP contribution in [0.3, 0.4) is 0 Å². The van der Waals surface area contributed by atoms with Gasteiger partial charge in [0.05, 0.1) is 18.0 Å². The second-order valence-corrected chi connectivity index (χ2v) is 8.78. The molecule has 2 aromatic carbocycles. The molecular weight excluding hydrogens is 388 g/mol. The van der Waals surface area contributed by atoms with E-state index in [1.54, 1.807) is 42.5 Å². The van der Waals surface area contributed by atoms with E-state index in [0.717, 1.165) is 16.1 Å². The molecule has 2 aromatic rings. The van der Waals surface area contributed by atoms with Gasteiger partial charge >= 0.3 is 0 Å². The van der Waals surface area contributed by atoms with Crippen molar-refractivity contribution in [3.63, 3.8) is 0 Å². The van der Waals surface area contributed by atoms with Crippen LogP contribution in [0.5, 0.6) is 5.75 Å². The summed E-state index contributed by atoms with van der Waals surface area (Å²) >= 11 is 5.91. The summed E-state index contributed by atoms with van der Waals surface area (Å²) in [6.45, 7) is 5.27. The number of ether oxygens (including phenoxy) is 1. The monoisotopic (exact) mass is 410 g/mol. The van der Waals surface area contributed by atoms with Crippen LogP contribution in [0.25, 0.3) is 0 Å². The fraction of sp³-hybridized carbons (Fsp3) is 0.316. The van der Waals surface area contributed by atoms with Gasteiger partial charge in [0.1, 0.15) is 12.3 Å². The van der Waals surface area contributed by atoms with E-state index in [1.165, 1.54) is 0 Å². The molecule has 0 aliphatic carbocycles. The molecule has 2 rings (SSSR count). The number of benzene rings is 2. The lowest BCUT2D eigenvalue weighted by Crippen LogP contribution is -2.37. The van der Waals surface area contributed by atoms with Crippen molar-refractivity contribution < 1.29 is 17.9 Å². The van der Waals surface area contributed by atoms with Crippen LogP contribution in [0, 0.1) is 6.92 Å². The van der Waals surface area contributed by atoms with Gasteiger partial charge in [-0.15, -0.1) is 0 Å². The number of rotatable bonds is 7. The number of carbonyl (C=O) groups is 1. The predicted molar refractivity (Wildman–Crippen MR) is 109 cm³/mol. The Bertz CT molecular complexity index is 912. The summed E-state index contributed by atoms with van der Waals surface area (Å²) in [5.41, 5.74) is 1.76. The highest BCUT2D eigenvalue weighted by molar-refractivity contribution is 7.92. The van der Waals surface area contributed by atoms with Crippen LogP contribution in [0.2, 0.25) is 5.02 Å². The molecule has 6 nitrogen and oxygen atoms in total. The molecule has 0 aromatic heterocycles. The van der Waals surface area contributed by atoms with Crippen LogP contribution < -0.4 is 14.4 Å². The molecule has 0 saturated heterocycles. The van der Waals surface area contributed by atoms with Gasteiger partial charge in [-0.05, 0) is 68.8 Å². The molecule has 1 N–H and O–H groups in total. The maximum absolute atomic E-state index is 12.4. The summed E-state index contributed by atoms with van der Waals surface area (Å²) in [4.78, 5) is 12.4. The van der Waals surface area contributed by atoms with E-state index >= 15 is 0 Å². The largest absolute Gasteiger partial charge is 0.491 e. The molecule has 0 radical (unpaired) electrons. The van der Waals surface area contributed by atoms with Crippen molar-refractivity contribution in [3.8, 4) is 5.75 Å². The van der Waals surface area contributed by atoms with Crippen molar-refractivity contribution in [3.05, 3.63) is 53.1 Å².